The number of nitrogens with zero attached hydrogens (tertiary/aromatic N) is 1. The molecule has 0 aliphatic rings. The Balaban J connectivity index is 1.80. The largest absolute Gasteiger partial charge is 0.497 e. The molecule has 0 bridgehead atoms. The summed E-state index contributed by atoms with van der Waals surface area (Å²) in [7, 11) is 1.60. The highest BCUT2D eigenvalue weighted by atomic mass is 32.2. The van der Waals surface area contributed by atoms with E-state index in [-0.39, 0.29) is 16.7 Å². The molecule has 2 aromatic carbocycles. The van der Waals surface area contributed by atoms with E-state index in [2.05, 4.69) is 15.3 Å². The summed E-state index contributed by atoms with van der Waals surface area (Å²) in [5.74, 6) is 0.608. The Morgan fingerprint density at radius 3 is 2.59 bits per heavy atom. The number of ether oxygens (including phenoxy) is 1. The summed E-state index contributed by atoms with van der Waals surface area (Å²) in [6, 6.07) is 16.4. The van der Waals surface area contributed by atoms with Crippen molar-refractivity contribution in [2.75, 3.05) is 12.4 Å². The van der Waals surface area contributed by atoms with Crippen molar-refractivity contribution in [2.45, 2.75) is 30.7 Å². The summed E-state index contributed by atoms with van der Waals surface area (Å²) in [4.78, 5) is 32.2. The topological polar surface area (TPSA) is 84.1 Å². The van der Waals surface area contributed by atoms with Crippen molar-refractivity contribution in [3.8, 4) is 17.0 Å². The Bertz CT molecular complexity index is 1050. The lowest BCUT2D eigenvalue weighted by Gasteiger charge is -2.15. The number of aromatic nitrogens is 2. The van der Waals surface area contributed by atoms with Gasteiger partial charge in [-0.25, -0.2) is 4.98 Å². The van der Waals surface area contributed by atoms with E-state index in [9.17, 15) is 9.59 Å². The van der Waals surface area contributed by atoms with Crippen molar-refractivity contribution in [2.24, 2.45) is 0 Å². The first-order chi connectivity index (χ1) is 14.0. The molecule has 0 saturated carbocycles. The maximum atomic E-state index is 12.7. The number of hydrogen-bond donors (Lipinski definition) is 2. The number of carbonyl (C=O) groups is 1. The number of rotatable bonds is 7. The molecule has 7 heteroatoms. The standard InChI is InChI=1S/C22H23N3O3S/c1-4-19(21(27)23-17-8-6-5-7-14(17)2)29-22-24-18(13-20(26)25-22)15-9-11-16(28-3)12-10-15/h5-13,19H,4H2,1-3H3,(H,23,27)(H,24,25,26). The van der Waals surface area contributed by atoms with Crippen LogP contribution in [0.2, 0.25) is 0 Å². The Labute approximate surface area is 173 Å². The second-order valence-electron chi connectivity index (χ2n) is 6.48. The molecule has 6 nitrogen and oxygen atoms in total. The fraction of sp³-hybridized carbons (Fsp3) is 0.227. The van der Waals surface area contributed by atoms with Crippen LogP contribution in [-0.2, 0) is 4.79 Å². The third kappa shape index (κ3) is 5.26. The number of anilines is 1. The number of H-pyrrole nitrogens is 1. The van der Waals surface area contributed by atoms with Crippen molar-refractivity contribution in [1.29, 1.82) is 0 Å². The highest BCUT2D eigenvalue weighted by Gasteiger charge is 2.20. The molecule has 0 spiro atoms. The number of para-hydroxylation sites is 1. The lowest BCUT2D eigenvalue weighted by Crippen LogP contribution is -2.25. The molecular formula is C22H23N3O3S. The maximum Gasteiger partial charge on any atom is 0.252 e. The molecule has 0 aliphatic heterocycles. The van der Waals surface area contributed by atoms with Gasteiger partial charge in [0.1, 0.15) is 5.75 Å². The van der Waals surface area contributed by atoms with E-state index in [1.54, 1.807) is 7.11 Å². The third-order valence-corrected chi connectivity index (χ3v) is 5.67. The summed E-state index contributed by atoms with van der Waals surface area (Å²) in [6.45, 7) is 3.88. The molecule has 3 aromatic rings. The molecule has 1 unspecified atom stereocenters. The minimum atomic E-state index is -0.385. The van der Waals surface area contributed by atoms with E-state index in [0.717, 1.165) is 22.6 Å². The molecule has 0 radical (unpaired) electrons. The highest BCUT2D eigenvalue weighted by molar-refractivity contribution is 8.00. The van der Waals surface area contributed by atoms with Crippen molar-refractivity contribution in [3.05, 3.63) is 70.5 Å². The molecule has 2 N–H and O–H groups in total. The first-order valence-corrected chi connectivity index (χ1v) is 10.2. The van der Waals surface area contributed by atoms with E-state index < -0.39 is 0 Å². The SMILES string of the molecule is CCC(Sc1nc(-c2ccc(OC)cc2)cc(=O)[nH]1)C(=O)Nc1ccccc1C. The van der Waals surface area contributed by atoms with Crippen LogP contribution in [0.4, 0.5) is 5.69 Å². The van der Waals surface area contributed by atoms with Gasteiger partial charge in [-0.2, -0.15) is 0 Å². The van der Waals surface area contributed by atoms with Crippen LogP contribution < -0.4 is 15.6 Å². The predicted octanol–water partition coefficient (Wildman–Crippen LogP) is 4.26. The molecule has 1 aromatic heterocycles. The Kier molecular flexibility index (Phi) is 6.72. The summed E-state index contributed by atoms with van der Waals surface area (Å²) < 4.78 is 5.17. The highest BCUT2D eigenvalue weighted by Crippen LogP contribution is 2.26. The molecule has 1 atom stereocenters. The van der Waals surface area contributed by atoms with Gasteiger partial charge in [-0.1, -0.05) is 36.9 Å². The summed E-state index contributed by atoms with van der Waals surface area (Å²) in [6.07, 6.45) is 0.596. The lowest BCUT2D eigenvalue weighted by atomic mass is 10.1. The quantitative estimate of drug-likeness (QED) is 0.450. The summed E-state index contributed by atoms with van der Waals surface area (Å²) in [5, 5.41) is 2.99. The maximum absolute atomic E-state index is 12.7. The van der Waals surface area contributed by atoms with Crippen LogP contribution in [-0.4, -0.2) is 28.2 Å². The average Bonchev–Trinajstić information content (AvgIpc) is 2.73. The van der Waals surface area contributed by atoms with Crippen LogP contribution in [0, 0.1) is 6.92 Å². The number of benzene rings is 2. The summed E-state index contributed by atoms with van der Waals surface area (Å²) in [5.41, 5.74) is 2.87. The van der Waals surface area contributed by atoms with Crippen LogP contribution in [0.1, 0.15) is 18.9 Å². The van der Waals surface area contributed by atoms with Crippen molar-refractivity contribution in [1.82, 2.24) is 9.97 Å². The molecule has 1 amide bonds. The monoisotopic (exact) mass is 409 g/mol. The molecular weight excluding hydrogens is 386 g/mol. The third-order valence-electron chi connectivity index (χ3n) is 4.43. The van der Waals surface area contributed by atoms with Crippen LogP contribution in [0.15, 0.2) is 64.5 Å². The minimum absolute atomic E-state index is 0.121. The number of nitrogens with one attached hydrogen (secondary N) is 2. The zero-order valence-corrected chi connectivity index (χ0v) is 17.4. The van der Waals surface area contributed by atoms with Gasteiger partial charge in [0.15, 0.2) is 5.16 Å². The van der Waals surface area contributed by atoms with Crippen LogP contribution >= 0.6 is 11.8 Å². The van der Waals surface area contributed by atoms with E-state index in [1.807, 2.05) is 62.4 Å². The average molecular weight is 410 g/mol. The fourth-order valence-electron chi connectivity index (χ4n) is 2.78. The molecule has 1 heterocycles. The van der Waals surface area contributed by atoms with Crippen molar-refractivity contribution < 1.29 is 9.53 Å². The molecule has 3 rings (SSSR count). The van der Waals surface area contributed by atoms with Crippen molar-refractivity contribution in [3.63, 3.8) is 0 Å². The van der Waals surface area contributed by atoms with Gasteiger partial charge in [-0.3, -0.25) is 9.59 Å². The first kappa shape index (κ1) is 20.7. The van der Waals surface area contributed by atoms with Gasteiger partial charge in [0, 0.05) is 17.3 Å². The fourth-order valence-corrected chi connectivity index (χ4v) is 3.70. The van der Waals surface area contributed by atoms with E-state index in [4.69, 9.17) is 4.74 Å². The number of amides is 1. The van der Waals surface area contributed by atoms with E-state index >= 15 is 0 Å². The van der Waals surface area contributed by atoms with Crippen molar-refractivity contribution >= 4 is 23.4 Å². The zero-order chi connectivity index (χ0) is 20.8. The second kappa shape index (κ2) is 9.43. The molecule has 0 fully saturated rings. The minimum Gasteiger partial charge on any atom is -0.497 e. The van der Waals surface area contributed by atoms with E-state index in [1.165, 1.54) is 17.8 Å². The van der Waals surface area contributed by atoms with Gasteiger partial charge in [0.05, 0.1) is 18.1 Å². The van der Waals surface area contributed by atoms with Gasteiger partial charge in [-0.05, 0) is 49.2 Å². The van der Waals surface area contributed by atoms with Crippen LogP contribution in [0.25, 0.3) is 11.3 Å². The zero-order valence-electron chi connectivity index (χ0n) is 16.6. The number of aryl methyl sites for hydroxylation is 1. The summed E-state index contributed by atoms with van der Waals surface area (Å²) >= 11 is 1.25. The normalized spacial score (nSPS) is 11.7. The van der Waals surface area contributed by atoms with Crippen LogP contribution in [0.5, 0.6) is 5.75 Å². The number of hydrogen-bond acceptors (Lipinski definition) is 5. The van der Waals surface area contributed by atoms with Gasteiger partial charge in [0.2, 0.25) is 5.91 Å². The Hall–Kier alpha value is -3.06. The molecule has 29 heavy (non-hydrogen) atoms. The van der Waals surface area contributed by atoms with Gasteiger partial charge in [0.25, 0.3) is 5.56 Å². The predicted molar refractivity (Wildman–Crippen MR) is 117 cm³/mol. The lowest BCUT2D eigenvalue weighted by molar-refractivity contribution is -0.115. The van der Waals surface area contributed by atoms with Gasteiger partial charge >= 0.3 is 0 Å². The first-order valence-electron chi connectivity index (χ1n) is 9.29. The second-order valence-corrected chi connectivity index (χ2v) is 7.67. The Morgan fingerprint density at radius 2 is 1.93 bits per heavy atom. The number of thioether (sulfide) groups is 1. The van der Waals surface area contributed by atoms with E-state index in [0.29, 0.717) is 17.3 Å². The van der Waals surface area contributed by atoms with Crippen LogP contribution in [0.3, 0.4) is 0 Å². The van der Waals surface area contributed by atoms with Gasteiger partial charge in [-0.15, -0.1) is 0 Å². The molecule has 0 aliphatic carbocycles. The van der Waals surface area contributed by atoms with Gasteiger partial charge < -0.3 is 15.0 Å². The Morgan fingerprint density at radius 1 is 1.21 bits per heavy atom. The number of carbonyl (C=O) groups excluding carboxylic acids is 1. The molecule has 150 valence electrons. The number of methoxy groups -OCH3 is 1. The smallest absolute Gasteiger partial charge is 0.252 e. The molecule has 0 saturated heterocycles. The number of aromatic amines is 1.